The van der Waals surface area contributed by atoms with Gasteiger partial charge in [-0.05, 0) is 43.9 Å². The van der Waals surface area contributed by atoms with Crippen molar-refractivity contribution in [3.05, 3.63) is 24.3 Å². The summed E-state index contributed by atoms with van der Waals surface area (Å²) < 4.78 is 9.86. The summed E-state index contributed by atoms with van der Waals surface area (Å²) in [5, 5.41) is 0. The van der Waals surface area contributed by atoms with Gasteiger partial charge in [-0.25, -0.2) is 0 Å². The van der Waals surface area contributed by atoms with Gasteiger partial charge in [0, 0.05) is 13.5 Å². The van der Waals surface area contributed by atoms with E-state index in [2.05, 4.69) is 33.4 Å². The second-order valence-corrected chi connectivity index (χ2v) is 6.32. The Balaban J connectivity index is 0.000000433. The average molecular weight is 310 g/mol. The number of carbonyl (C=O) groups is 1. The van der Waals surface area contributed by atoms with Crippen LogP contribution in [0.5, 0.6) is 0 Å². The predicted molar refractivity (Wildman–Crippen MR) is 92.7 cm³/mol. The quantitative estimate of drug-likeness (QED) is 0.368. The molecule has 0 aromatic heterocycles. The first-order valence-electron chi connectivity index (χ1n) is 8.32. The lowest BCUT2D eigenvalue weighted by Crippen LogP contribution is -2.23. The van der Waals surface area contributed by atoms with Crippen LogP contribution in [0.4, 0.5) is 0 Å². The molecule has 0 bridgehead atoms. The molecule has 0 saturated carbocycles. The Hall–Kier alpha value is -0.930. The molecule has 0 heterocycles. The number of hydrogen-bond acceptors (Lipinski definition) is 3. The zero-order valence-electron chi connectivity index (χ0n) is 15.0. The van der Waals surface area contributed by atoms with Crippen molar-refractivity contribution in [3.8, 4) is 0 Å². The highest BCUT2D eigenvalue weighted by Gasteiger charge is 2.26. The Morgan fingerprint density at radius 3 is 2.59 bits per heavy atom. The van der Waals surface area contributed by atoms with E-state index in [0.717, 1.165) is 25.5 Å². The van der Waals surface area contributed by atoms with Crippen LogP contribution < -0.4 is 0 Å². The van der Waals surface area contributed by atoms with Crippen molar-refractivity contribution in [2.45, 2.75) is 59.5 Å². The molecule has 1 aliphatic carbocycles. The molecule has 0 radical (unpaired) electrons. The van der Waals surface area contributed by atoms with Crippen LogP contribution in [0.3, 0.4) is 0 Å². The van der Waals surface area contributed by atoms with E-state index >= 15 is 0 Å². The smallest absolute Gasteiger partial charge is 0.147 e. The van der Waals surface area contributed by atoms with Gasteiger partial charge < -0.3 is 14.3 Å². The summed E-state index contributed by atoms with van der Waals surface area (Å²) in [7, 11) is 1.61. The van der Waals surface area contributed by atoms with Gasteiger partial charge in [-0.3, -0.25) is 0 Å². The number of carbonyl (C=O) groups excluding carboxylic acids is 1. The van der Waals surface area contributed by atoms with E-state index in [1.165, 1.54) is 12.0 Å². The highest BCUT2D eigenvalue weighted by molar-refractivity contribution is 5.50. The Bertz CT molecular complexity index is 334. The van der Waals surface area contributed by atoms with Gasteiger partial charge in [-0.15, -0.1) is 6.58 Å². The third-order valence-corrected chi connectivity index (χ3v) is 4.25. The fourth-order valence-electron chi connectivity index (χ4n) is 2.88. The monoisotopic (exact) mass is 310 g/mol. The van der Waals surface area contributed by atoms with Crippen LogP contribution in [-0.2, 0) is 14.3 Å². The Morgan fingerprint density at radius 2 is 2.14 bits per heavy atom. The third kappa shape index (κ3) is 8.50. The largest absolute Gasteiger partial charge is 0.359 e. The Labute approximate surface area is 136 Å². The summed E-state index contributed by atoms with van der Waals surface area (Å²) in [6, 6.07) is 0. The van der Waals surface area contributed by atoms with Crippen LogP contribution in [0.2, 0.25) is 0 Å². The zero-order chi connectivity index (χ0) is 17.0. The van der Waals surface area contributed by atoms with Crippen LogP contribution in [0.15, 0.2) is 24.3 Å². The third-order valence-electron chi connectivity index (χ3n) is 4.25. The van der Waals surface area contributed by atoms with Gasteiger partial charge in [-0.2, -0.15) is 0 Å². The molecule has 128 valence electrons. The van der Waals surface area contributed by atoms with Gasteiger partial charge in [0.25, 0.3) is 0 Å². The normalized spacial score (nSPS) is 22.4. The fourth-order valence-corrected chi connectivity index (χ4v) is 2.88. The van der Waals surface area contributed by atoms with Gasteiger partial charge in [0.2, 0.25) is 0 Å². The van der Waals surface area contributed by atoms with Crippen LogP contribution in [-0.4, -0.2) is 26.3 Å². The van der Waals surface area contributed by atoms with E-state index in [0.29, 0.717) is 24.5 Å². The maximum Gasteiger partial charge on any atom is 0.147 e. The molecule has 0 amide bonds. The minimum absolute atomic E-state index is 0.143. The second-order valence-electron chi connectivity index (χ2n) is 6.32. The van der Waals surface area contributed by atoms with E-state index < -0.39 is 0 Å². The Morgan fingerprint density at radius 1 is 1.45 bits per heavy atom. The highest BCUT2D eigenvalue weighted by atomic mass is 16.7. The summed E-state index contributed by atoms with van der Waals surface area (Å²) in [6.45, 7) is 12.7. The molecule has 2 unspecified atom stereocenters. The van der Waals surface area contributed by atoms with E-state index in [9.17, 15) is 4.79 Å². The SMILES string of the molecule is C=CC(CC)OCOC.CC1=CCC(C(C)C)[C@@H](CC=O)C1. The van der Waals surface area contributed by atoms with E-state index in [1.807, 2.05) is 6.92 Å². The highest BCUT2D eigenvalue weighted by Crippen LogP contribution is 2.35. The summed E-state index contributed by atoms with van der Waals surface area (Å²) >= 11 is 0. The number of hydrogen-bond donors (Lipinski definition) is 0. The summed E-state index contributed by atoms with van der Waals surface area (Å²) in [5.74, 6) is 2.02. The molecule has 0 saturated heterocycles. The molecule has 0 aliphatic heterocycles. The molecule has 3 atom stereocenters. The van der Waals surface area contributed by atoms with Crippen molar-refractivity contribution in [1.29, 1.82) is 0 Å². The summed E-state index contributed by atoms with van der Waals surface area (Å²) in [6.07, 6.45) is 9.33. The van der Waals surface area contributed by atoms with Crippen molar-refractivity contribution in [2.24, 2.45) is 17.8 Å². The van der Waals surface area contributed by atoms with Crippen molar-refractivity contribution in [2.75, 3.05) is 13.9 Å². The molecule has 3 nitrogen and oxygen atoms in total. The number of rotatable bonds is 8. The lowest BCUT2D eigenvalue weighted by Gasteiger charge is -2.32. The molecular weight excluding hydrogens is 276 g/mol. The number of ether oxygens (including phenoxy) is 2. The van der Waals surface area contributed by atoms with E-state index in [4.69, 9.17) is 9.47 Å². The first kappa shape index (κ1) is 21.1. The van der Waals surface area contributed by atoms with Gasteiger partial charge >= 0.3 is 0 Å². The zero-order valence-corrected chi connectivity index (χ0v) is 15.0. The second kappa shape index (κ2) is 12.6. The fraction of sp³-hybridized carbons (Fsp3) is 0.737. The predicted octanol–water partition coefficient (Wildman–Crippen LogP) is 4.78. The molecular formula is C19H34O3. The van der Waals surface area contributed by atoms with Crippen molar-refractivity contribution in [3.63, 3.8) is 0 Å². The van der Waals surface area contributed by atoms with E-state index in [-0.39, 0.29) is 6.10 Å². The van der Waals surface area contributed by atoms with Crippen molar-refractivity contribution < 1.29 is 14.3 Å². The molecule has 1 rings (SSSR count). The van der Waals surface area contributed by atoms with E-state index in [1.54, 1.807) is 13.2 Å². The van der Waals surface area contributed by atoms with Gasteiger partial charge in [0.15, 0.2) is 0 Å². The molecule has 0 fully saturated rings. The maximum absolute atomic E-state index is 10.5. The minimum atomic E-state index is 0.143. The summed E-state index contributed by atoms with van der Waals surface area (Å²) in [4.78, 5) is 10.5. The van der Waals surface area contributed by atoms with Crippen LogP contribution >= 0.6 is 0 Å². The topological polar surface area (TPSA) is 35.5 Å². The first-order valence-corrected chi connectivity index (χ1v) is 8.32. The molecule has 0 N–H and O–H groups in total. The van der Waals surface area contributed by atoms with Gasteiger partial charge in [0.1, 0.15) is 13.1 Å². The summed E-state index contributed by atoms with van der Waals surface area (Å²) in [5.41, 5.74) is 1.46. The number of aldehydes is 1. The van der Waals surface area contributed by atoms with Crippen LogP contribution in [0.25, 0.3) is 0 Å². The van der Waals surface area contributed by atoms with Crippen LogP contribution in [0, 0.1) is 17.8 Å². The first-order chi connectivity index (χ1) is 10.5. The van der Waals surface area contributed by atoms with Gasteiger partial charge in [0.05, 0.1) is 6.10 Å². The minimum Gasteiger partial charge on any atom is -0.359 e. The number of allylic oxidation sites excluding steroid dienone is 2. The van der Waals surface area contributed by atoms with Crippen molar-refractivity contribution >= 4 is 6.29 Å². The van der Waals surface area contributed by atoms with Crippen LogP contribution in [0.1, 0.15) is 53.4 Å². The molecule has 0 aromatic rings. The lowest BCUT2D eigenvalue weighted by atomic mass is 9.73. The van der Waals surface area contributed by atoms with Gasteiger partial charge in [-0.1, -0.05) is 38.5 Å². The molecule has 0 aromatic carbocycles. The average Bonchev–Trinajstić information content (AvgIpc) is 2.49. The molecule has 22 heavy (non-hydrogen) atoms. The standard InChI is InChI=1S/C12H20O.C7H14O2/c1-9(2)12-5-4-10(3)8-11(12)6-7-13;1-4-7(5-2)9-6-8-3/h4,7,9,11-12H,5-6,8H2,1-3H3;4,7H,1,5-6H2,2-3H3/t11-,12?;/m0./s1. The maximum atomic E-state index is 10.5. The molecule has 3 heteroatoms. The number of methoxy groups -OCH3 is 1. The molecule has 1 aliphatic rings. The van der Waals surface area contributed by atoms with Crippen molar-refractivity contribution in [1.82, 2.24) is 0 Å². The Kier molecular flexibility index (Phi) is 12.1. The molecule has 0 spiro atoms. The lowest BCUT2D eigenvalue weighted by molar-refractivity contribution is -0.109.